The van der Waals surface area contributed by atoms with E-state index in [0.717, 1.165) is 32.1 Å². The highest BCUT2D eigenvalue weighted by Gasteiger charge is 2.00. The topological polar surface area (TPSA) is 40.5 Å². The molecule has 1 atom stereocenters. The molecule has 0 aromatic carbocycles. The van der Waals surface area contributed by atoms with Gasteiger partial charge in [-0.3, -0.25) is 0 Å². The molecule has 0 saturated heterocycles. The Labute approximate surface area is 132 Å². The first kappa shape index (κ1) is 20.7. The maximum absolute atomic E-state index is 9.86. The van der Waals surface area contributed by atoms with E-state index in [-0.39, 0.29) is 6.10 Å². The standard InChI is InChI=1S/C19H38O2/c1-2-3-4-10-13-16-19(21)17-14-11-8-6-5-7-9-12-15-18-20/h11,14,19-21H,2-10,12-13,15-18H2,1H3. The highest BCUT2D eigenvalue weighted by atomic mass is 16.3. The molecule has 0 aliphatic rings. The number of rotatable bonds is 16. The molecule has 0 saturated carbocycles. The zero-order valence-corrected chi connectivity index (χ0v) is 14.2. The third kappa shape index (κ3) is 17.6. The summed E-state index contributed by atoms with van der Waals surface area (Å²) < 4.78 is 0. The van der Waals surface area contributed by atoms with Crippen molar-refractivity contribution in [3.63, 3.8) is 0 Å². The number of unbranched alkanes of at least 4 members (excludes halogenated alkanes) is 10. The lowest BCUT2D eigenvalue weighted by Gasteiger charge is -2.07. The first-order chi connectivity index (χ1) is 10.3. The third-order valence-corrected chi connectivity index (χ3v) is 3.99. The van der Waals surface area contributed by atoms with E-state index in [1.165, 1.54) is 57.8 Å². The van der Waals surface area contributed by atoms with Gasteiger partial charge in [-0.2, -0.15) is 0 Å². The van der Waals surface area contributed by atoms with Crippen molar-refractivity contribution < 1.29 is 10.2 Å². The average molecular weight is 299 g/mol. The van der Waals surface area contributed by atoms with Gasteiger partial charge in [0.1, 0.15) is 0 Å². The van der Waals surface area contributed by atoms with Crippen molar-refractivity contribution in [1.82, 2.24) is 0 Å². The van der Waals surface area contributed by atoms with Gasteiger partial charge in [-0.25, -0.2) is 0 Å². The van der Waals surface area contributed by atoms with E-state index in [1.54, 1.807) is 0 Å². The van der Waals surface area contributed by atoms with Gasteiger partial charge in [-0.1, -0.05) is 76.9 Å². The second kappa shape index (κ2) is 17.7. The van der Waals surface area contributed by atoms with Crippen molar-refractivity contribution >= 4 is 0 Å². The van der Waals surface area contributed by atoms with Gasteiger partial charge < -0.3 is 10.2 Å². The van der Waals surface area contributed by atoms with Crippen molar-refractivity contribution in [2.24, 2.45) is 0 Å². The Morgan fingerprint density at radius 1 is 0.762 bits per heavy atom. The van der Waals surface area contributed by atoms with Gasteiger partial charge >= 0.3 is 0 Å². The molecule has 0 fully saturated rings. The van der Waals surface area contributed by atoms with E-state index in [1.807, 2.05) is 0 Å². The lowest BCUT2D eigenvalue weighted by Crippen LogP contribution is -2.04. The summed E-state index contributed by atoms with van der Waals surface area (Å²) in [6, 6.07) is 0. The summed E-state index contributed by atoms with van der Waals surface area (Å²) in [5, 5.41) is 18.5. The van der Waals surface area contributed by atoms with Crippen molar-refractivity contribution in [1.29, 1.82) is 0 Å². The van der Waals surface area contributed by atoms with E-state index >= 15 is 0 Å². The highest BCUT2D eigenvalue weighted by Crippen LogP contribution is 2.11. The lowest BCUT2D eigenvalue weighted by atomic mass is 10.1. The third-order valence-electron chi connectivity index (χ3n) is 3.99. The van der Waals surface area contributed by atoms with E-state index in [4.69, 9.17) is 5.11 Å². The molecule has 0 radical (unpaired) electrons. The Morgan fingerprint density at radius 3 is 2.10 bits per heavy atom. The summed E-state index contributed by atoms with van der Waals surface area (Å²) in [4.78, 5) is 0. The fourth-order valence-corrected chi connectivity index (χ4v) is 2.55. The summed E-state index contributed by atoms with van der Waals surface area (Å²) in [7, 11) is 0. The summed E-state index contributed by atoms with van der Waals surface area (Å²) in [6.45, 7) is 2.57. The number of hydrogen-bond donors (Lipinski definition) is 2. The average Bonchev–Trinajstić information content (AvgIpc) is 2.49. The van der Waals surface area contributed by atoms with Crippen molar-refractivity contribution in [2.75, 3.05) is 6.61 Å². The predicted molar refractivity (Wildman–Crippen MR) is 92.5 cm³/mol. The number of aliphatic hydroxyl groups excluding tert-OH is 2. The van der Waals surface area contributed by atoms with Crippen LogP contribution in [0.1, 0.15) is 96.8 Å². The van der Waals surface area contributed by atoms with Gasteiger partial charge in [-0.05, 0) is 32.1 Å². The van der Waals surface area contributed by atoms with Crippen LogP contribution in [-0.2, 0) is 0 Å². The molecule has 0 rings (SSSR count). The molecule has 0 aromatic heterocycles. The van der Waals surface area contributed by atoms with E-state index in [0.29, 0.717) is 6.61 Å². The first-order valence-corrected chi connectivity index (χ1v) is 9.25. The number of aliphatic hydroxyl groups is 2. The van der Waals surface area contributed by atoms with Crippen LogP contribution < -0.4 is 0 Å². The fourth-order valence-electron chi connectivity index (χ4n) is 2.55. The molecular weight excluding hydrogens is 260 g/mol. The second-order valence-electron chi connectivity index (χ2n) is 6.20. The Bertz CT molecular complexity index is 214. The van der Waals surface area contributed by atoms with Crippen molar-refractivity contribution in [3.8, 4) is 0 Å². The van der Waals surface area contributed by atoms with E-state index in [9.17, 15) is 5.11 Å². The van der Waals surface area contributed by atoms with Crippen LogP contribution in [0.3, 0.4) is 0 Å². The first-order valence-electron chi connectivity index (χ1n) is 9.25. The number of hydrogen-bond acceptors (Lipinski definition) is 2. The minimum absolute atomic E-state index is 0.138. The van der Waals surface area contributed by atoms with Crippen LogP contribution in [0.25, 0.3) is 0 Å². The monoisotopic (exact) mass is 298 g/mol. The van der Waals surface area contributed by atoms with Gasteiger partial charge in [0.25, 0.3) is 0 Å². The largest absolute Gasteiger partial charge is 0.396 e. The molecule has 2 N–H and O–H groups in total. The van der Waals surface area contributed by atoms with Gasteiger partial charge in [0, 0.05) is 6.61 Å². The fraction of sp³-hybridized carbons (Fsp3) is 0.895. The molecule has 126 valence electrons. The molecular formula is C19H38O2. The van der Waals surface area contributed by atoms with Crippen LogP contribution >= 0.6 is 0 Å². The molecule has 1 unspecified atom stereocenters. The van der Waals surface area contributed by atoms with E-state index in [2.05, 4.69) is 19.1 Å². The molecule has 0 aliphatic carbocycles. The minimum Gasteiger partial charge on any atom is -0.396 e. The quantitative estimate of drug-likeness (QED) is 0.297. The van der Waals surface area contributed by atoms with Crippen LogP contribution in [0, 0.1) is 0 Å². The summed E-state index contributed by atoms with van der Waals surface area (Å²) >= 11 is 0. The Morgan fingerprint density at radius 2 is 1.38 bits per heavy atom. The molecule has 0 aliphatic heterocycles. The molecule has 0 amide bonds. The van der Waals surface area contributed by atoms with Crippen LogP contribution in [-0.4, -0.2) is 22.9 Å². The maximum Gasteiger partial charge on any atom is 0.0574 e. The SMILES string of the molecule is CCCCCCCC(O)CC=CCCCCCCCCO. The highest BCUT2D eigenvalue weighted by molar-refractivity contribution is 4.83. The summed E-state index contributed by atoms with van der Waals surface area (Å²) in [5.41, 5.74) is 0. The molecule has 0 aromatic rings. The van der Waals surface area contributed by atoms with Crippen LogP contribution in [0.5, 0.6) is 0 Å². The Hall–Kier alpha value is -0.340. The predicted octanol–water partition coefficient (Wildman–Crippen LogP) is 5.38. The van der Waals surface area contributed by atoms with Crippen LogP contribution in [0.2, 0.25) is 0 Å². The van der Waals surface area contributed by atoms with Gasteiger partial charge in [0.15, 0.2) is 0 Å². The smallest absolute Gasteiger partial charge is 0.0574 e. The number of allylic oxidation sites excluding steroid dienone is 1. The van der Waals surface area contributed by atoms with E-state index < -0.39 is 0 Å². The van der Waals surface area contributed by atoms with Gasteiger partial charge in [0.05, 0.1) is 6.10 Å². The molecule has 0 bridgehead atoms. The maximum atomic E-state index is 9.86. The Balaban J connectivity index is 3.22. The van der Waals surface area contributed by atoms with Gasteiger partial charge in [0.2, 0.25) is 0 Å². The zero-order valence-electron chi connectivity index (χ0n) is 14.2. The zero-order chi connectivity index (χ0) is 15.6. The Kier molecular flexibility index (Phi) is 17.4. The van der Waals surface area contributed by atoms with Crippen LogP contribution in [0.4, 0.5) is 0 Å². The van der Waals surface area contributed by atoms with Crippen molar-refractivity contribution in [3.05, 3.63) is 12.2 Å². The molecule has 21 heavy (non-hydrogen) atoms. The summed E-state index contributed by atoms with van der Waals surface area (Å²) in [5.74, 6) is 0. The van der Waals surface area contributed by atoms with Gasteiger partial charge in [-0.15, -0.1) is 0 Å². The normalized spacial score (nSPS) is 13.1. The molecule has 2 nitrogen and oxygen atoms in total. The second-order valence-corrected chi connectivity index (χ2v) is 6.20. The lowest BCUT2D eigenvalue weighted by molar-refractivity contribution is 0.163. The molecule has 0 heterocycles. The van der Waals surface area contributed by atoms with Crippen molar-refractivity contribution in [2.45, 2.75) is 103 Å². The summed E-state index contributed by atoms with van der Waals surface area (Å²) in [6.07, 6.45) is 20.7. The minimum atomic E-state index is -0.138. The molecule has 0 spiro atoms. The van der Waals surface area contributed by atoms with Crippen LogP contribution in [0.15, 0.2) is 12.2 Å². The molecule has 2 heteroatoms.